The van der Waals surface area contributed by atoms with E-state index in [0.29, 0.717) is 19.3 Å². The van der Waals surface area contributed by atoms with Crippen molar-refractivity contribution in [2.45, 2.75) is 97.3 Å². The summed E-state index contributed by atoms with van der Waals surface area (Å²) in [5.74, 6) is -1.69. The fourth-order valence-electron chi connectivity index (χ4n) is 4.07. The summed E-state index contributed by atoms with van der Waals surface area (Å²) >= 11 is 0. The minimum Gasteiger partial charge on any atom is -0.481 e. The summed E-state index contributed by atoms with van der Waals surface area (Å²) in [7, 11) is 0. The molecule has 0 radical (unpaired) electrons. The van der Waals surface area contributed by atoms with Gasteiger partial charge in [-0.1, -0.05) is 83.8 Å². The average Bonchev–Trinajstić information content (AvgIpc) is 2.58. The Labute approximate surface area is 152 Å². The molecule has 2 N–H and O–H groups in total. The topological polar surface area (TPSA) is 74.6 Å². The number of allylic oxidation sites excluding steroid dienone is 1. The Morgan fingerprint density at radius 3 is 1.96 bits per heavy atom. The summed E-state index contributed by atoms with van der Waals surface area (Å²) in [6.45, 7) is 4.28. The highest BCUT2D eigenvalue weighted by atomic mass is 16.4. The van der Waals surface area contributed by atoms with E-state index in [9.17, 15) is 19.8 Å². The Morgan fingerprint density at radius 1 is 0.840 bits per heavy atom. The lowest BCUT2D eigenvalue weighted by molar-refractivity contribution is -0.157. The van der Waals surface area contributed by atoms with Gasteiger partial charge in [0.15, 0.2) is 0 Å². The van der Waals surface area contributed by atoms with Crippen molar-refractivity contribution in [3.8, 4) is 0 Å². The van der Waals surface area contributed by atoms with Crippen molar-refractivity contribution in [1.82, 2.24) is 0 Å². The first-order valence-electron chi connectivity index (χ1n) is 10.1. The van der Waals surface area contributed by atoms with Gasteiger partial charge in [-0.25, -0.2) is 0 Å². The first-order valence-corrected chi connectivity index (χ1v) is 10.1. The monoisotopic (exact) mass is 352 g/mol. The summed E-state index contributed by atoms with van der Waals surface area (Å²) in [6, 6.07) is 0. The van der Waals surface area contributed by atoms with Crippen LogP contribution in [0.25, 0.3) is 0 Å². The van der Waals surface area contributed by atoms with Gasteiger partial charge in [0, 0.05) is 0 Å². The summed E-state index contributed by atoms with van der Waals surface area (Å²) in [5, 5.41) is 19.7. The van der Waals surface area contributed by atoms with Gasteiger partial charge in [-0.2, -0.15) is 0 Å². The molecule has 25 heavy (non-hydrogen) atoms. The van der Waals surface area contributed by atoms with Gasteiger partial charge in [0.1, 0.15) is 0 Å². The van der Waals surface area contributed by atoms with E-state index in [1.165, 1.54) is 6.42 Å². The highest BCUT2D eigenvalue weighted by Gasteiger charge is 2.50. The first-order chi connectivity index (χ1) is 11.9. The quantitative estimate of drug-likeness (QED) is 0.324. The van der Waals surface area contributed by atoms with Crippen LogP contribution in [0.1, 0.15) is 97.3 Å². The van der Waals surface area contributed by atoms with E-state index < -0.39 is 22.8 Å². The molecule has 1 aliphatic carbocycles. The molecule has 4 heteroatoms. The molecular weight excluding hydrogens is 316 g/mol. The van der Waals surface area contributed by atoms with Gasteiger partial charge >= 0.3 is 11.9 Å². The van der Waals surface area contributed by atoms with Gasteiger partial charge in [-0.05, 0) is 25.7 Å². The summed E-state index contributed by atoms with van der Waals surface area (Å²) < 4.78 is 0. The smallest absolute Gasteiger partial charge is 0.313 e. The van der Waals surface area contributed by atoms with E-state index in [2.05, 4.69) is 13.8 Å². The van der Waals surface area contributed by atoms with Gasteiger partial charge in [0.2, 0.25) is 0 Å². The number of rotatable bonds is 13. The largest absolute Gasteiger partial charge is 0.481 e. The molecule has 0 spiro atoms. The number of hydrogen-bond donors (Lipinski definition) is 2. The van der Waals surface area contributed by atoms with E-state index in [1.54, 1.807) is 6.08 Å². The van der Waals surface area contributed by atoms with Crippen LogP contribution in [0.3, 0.4) is 0 Å². The average molecular weight is 353 g/mol. The van der Waals surface area contributed by atoms with Crippen LogP contribution in [-0.4, -0.2) is 22.2 Å². The predicted octanol–water partition coefficient (Wildman–Crippen LogP) is 5.81. The Balaban J connectivity index is 2.81. The van der Waals surface area contributed by atoms with Crippen LogP contribution in [-0.2, 0) is 9.59 Å². The van der Waals surface area contributed by atoms with Gasteiger partial charge in [-0.15, -0.1) is 0 Å². The lowest BCUT2D eigenvalue weighted by atomic mass is 9.62. The maximum atomic E-state index is 12.0. The van der Waals surface area contributed by atoms with Crippen molar-refractivity contribution in [2.75, 3.05) is 0 Å². The molecule has 1 aliphatic rings. The molecule has 0 bridgehead atoms. The van der Waals surface area contributed by atoms with Crippen molar-refractivity contribution in [2.24, 2.45) is 10.8 Å². The fraction of sp³-hybridized carbons (Fsp3) is 0.810. The second-order valence-corrected chi connectivity index (χ2v) is 7.80. The van der Waals surface area contributed by atoms with E-state index in [-0.39, 0.29) is 6.42 Å². The molecule has 2 atom stereocenters. The van der Waals surface area contributed by atoms with Crippen LogP contribution in [0.2, 0.25) is 0 Å². The van der Waals surface area contributed by atoms with E-state index in [1.807, 2.05) is 6.08 Å². The van der Waals surface area contributed by atoms with Crippen LogP contribution in [0, 0.1) is 10.8 Å². The third kappa shape index (κ3) is 6.16. The van der Waals surface area contributed by atoms with Crippen LogP contribution >= 0.6 is 0 Å². The molecule has 1 rings (SSSR count). The highest BCUT2D eigenvalue weighted by Crippen LogP contribution is 2.48. The Kier molecular flexibility index (Phi) is 9.23. The fourth-order valence-corrected chi connectivity index (χ4v) is 4.07. The second-order valence-electron chi connectivity index (χ2n) is 7.80. The minimum absolute atomic E-state index is 0.237. The number of carboxylic acid groups (broad SMARTS) is 2. The zero-order valence-electron chi connectivity index (χ0n) is 16.1. The molecule has 0 aromatic carbocycles. The van der Waals surface area contributed by atoms with Crippen LogP contribution < -0.4 is 0 Å². The third-order valence-electron chi connectivity index (χ3n) is 5.71. The molecule has 2 unspecified atom stereocenters. The van der Waals surface area contributed by atoms with E-state index in [4.69, 9.17) is 0 Å². The Morgan fingerprint density at radius 2 is 1.40 bits per heavy atom. The van der Waals surface area contributed by atoms with Crippen LogP contribution in [0.5, 0.6) is 0 Å². The summed E-state index contributed by atoms with van der Waals surface area (Å²) in [5.41, 5.74) is -1.92. The zero-order valence-corrected chi connectivity index (χ0v) is 16.1. The molecule has 144 valence electrons. The van der Waals surface area contributed by atoms with Gasteiger partial charge in [0.05, 0.1) is 10.8 Å². The number of carboxylic acids is 2. The standard InChI is InChI=1S/C21H36O4/c1-3-5-7-9-11-14-21(19(24)25)16-12-15-20(17-21,18(22)23)13-10-8-6-4-2/h12,16H,3-11,13-15,17H2,1-2H3,(H,22,23)(H,24,25). The van der Waals surface area contributed by atoms with Crippen molar-refractivity contribution < 1.29 is 19.8 Å². The SMILES string of the molecule is CCCCCCCC1(C(=O)O)C=CCC(CCCCCC)(C(=O)O)C1. The molecule has 0 saturated heterocycles. The normalized spacial score (nSPS) is 25.8. The van der Waals surface area contributed by atoms with Crippen molar-refractivity contribution in [3.63, 3.8) is 0 Å². The molecule has 0 heterocycles. The maximum Gasteiger partial charge on any atom is 0.313 e. The highest BCUT2D eigenvalue weighted by molar-refractivity contribution is 5.81. The van der Waals surface area contributed by atoms with E-state index >= 15 is 0 Å². The lowest BCUT2D eigenvalue weighted by Gasteiger charge is -2.40. The molecule has 0 aromatic heterocycles. The number of hydrogen-bond acceptors (Lipinski definition) is 2. The second kappa shape index (κ2) is 10.6. The van der Waals surface area contributed by atoms with Gasteiger partial charge in [0.25, 0.3) is 0 Å². The lowest BCUT2D eigenvalue weighted by Crippen LogP contribution is -2.43. The zero-order chi connectivity index (χ0) is 18.8. The molecule has 0 amide bonds. The Bertz CT molecular complexity index is 457. The molecule has 0 aliphatic heterocycles. The van der Waals surface area contributed by atoms with Gasteiger partial charge in [-0.3, -0.25) is 9.59 Å². The summed E-state index contributed by atoms with van der Waals surface area (Å²) in [6.07, 6.45) is 14.8. The number of unbranched alkanes of at least 4 members (excludes halogenated alkanes) is 7. The number of aliphatic carboxylic acids is 2. The van der Waals surface area contributed by atoms with Crippen LogP contribution in [0.4, 0.5) is 0 Å². The minimum atomic E-state index is -1.01. The molecular formula is C21H36O4. The predicted molar refractivity (Wildman–Crippen MR) is 101 cm³/mol. The van der Waals surface area contributed by atoms with E-state index in [0.717, 1.165) is 51.4 Å². The molecule has 0 aromatic rings. The summed E-state index contributed by atoms with van der Waals surface area (Å²) in [4.78, 5) is 24.1. The third-order valence-corrected chi connectivity index (χ3v) is 5.71. The van der Waals surface area contributed by atoms with Crippen molar-refractivity contribution in [3.05, 3.63) is 12.2 Å². The van der Waals surface area contributed by atoms with Crippen molar-refractivity contribution >= 4 is 11.9 Å². The Hall–Kier alpha value is -1.32. The number of carbonyl (C=O) groups is 2. The molecule has 0 saturated carbocycles. The van der Waals surface area contributed by atoms with Crippen LogP contribution in [0.15, 0.2) is 12.2 Å². The van der Waals surface area contributed by atoms with Gasteiger partial charge < -0.3 is 10.2 Å². The maximum absolute atomic E-state index is 12.0. The first kappa shape index (κ1) is 21.7. The molecule has 4 nitrogen and oxygen atoms in total. The molecule has 0 fully saturated rings. The van der Waals surface area contributed by atoms with Crippen molar-refractivity contribution in [1.29, 1.82) is 0 Å².